The van der Waals surface area contributed by atoms with Crippen LogP contribution in [0.4, 0.5) is 20.4 Å². The summed E-state index contributed by atoms with van der Waals surface area (Å²) >= 11 is 6.08. The van der Waals surface area contributed by atoms with Gasteiger partial charge in [-0.25, -0.2) is 13.8 Å². The van der Waals surface area contributed by atoms with E-state index in [1.807, 2.05) is 0 Å². The van der Waals surface area contributed by atoms with Gasteiger partial charge in [-0.3, -0.25) is 4.79 Å². The van der Waals surface area contributed by atoms with Crippen LogP contribution < -0.4 is 10.6 Å². The number of benzene rings is 2. The molecule has 3 N–H and O–H groups in total. The lowest BCUT2D eigenvalue weighted by Gasteiger charge is -2.22. The van der Waals surface area contributed by atoms with Crippen LogP contribution in [-0.4, -0.2) is 21.9 Å². The highest BCUT2D eigenvalue weighted by molar-refractivity contribution is 6.33. The summed E-state index contributed by atoms with van der Waals surface area (Å²) in [5, 5.41) is 5.92. The van der Waals surface area contributed by atoms with Gasteiger partial charge < -0.3 is 15.6 Å². The molecule has 0 atom stereocenters. The van der Waals surface area contributed by atoms with E-state index in [-0.39, 0.29) is 28.3 Å². The maximum absolute atomic E-state index is 14.5. The van der Waals surface area contributed by atoms with Gasteiger partial charge in [0.25, 0.3) is 5.91 Å². The third kappa shape index (κ3) is 4.05. The van der Waals surface area contributed by atoms with Crippen molar-refractivity contribution < 1.29 is 13.6 Å². The number of aryl methyl sites for hydroxylation is 1. The van der Waals surface area contributed by atoms with E-state index in [1.165, 1.54) is 18.6 Å². The molecule has 1 aliphatic carbocycles. The number of aromatic amines is 1. The number of hydrogen-bond donors (Lipinski definition) is 3. The van der Waals surface area contributed by atoms with Crippen molar-refractivity contribution in [1.29, 1.82) is 0 Å². The lowest BCUT2D eigenvalue weighted by molar-refractivity contribution is 0.0924. The average molecular weight is 419 g/mol. The Morgan fingerprint density at radius 1 is 1.21 bits per heavy atom. The third-order valence-corrected chi connectivity index (χ3v) is 5.60. The molecule has 0 radical (unpaired) electrons. The zero-order valence-electron chi connectivity index (χ0n) is 15.9. The van der Waals surface area contributed by atoms with Gasteiger partial charge in [0.05, 0.1) is 27.3 Å². The summed E-state index contributed by atoms with van der Waals surface area (Å²) in [6.45, 7) is 1.63. The predicted octanol–water partition coefficient (Wildman–Crippen LogP) is 5.61. The fourth-order valence-corrected chi connectivity index (χ4v) is 3.86. The summed E-state index contributed by atoms with van der Waals surface area (Å²) in [5.41, 5.74) is 1.25. The third-order valence-electron chi connectivity index (χ3n) is 5.28. The number of carbonyl (C=O) groups is 1. The van der Waals surface area contributed by atoms with E-state index in [0.717, 1.165) is 25.7 Å². The zero-order valence-corrected chi connectivity index (χ0v) is 16.7. The average Bonchev–Trinajstić information content (AvgIpc) is 3.09. The Morgan fingerprint density at radius 3 is 2.72 bits per heavy atom. The number of amides is 1. The highest BCUT2D eigenvalue weighted by atomic mass is 35.5. The molecule has 1 aromatic heterocycles. The molecule has 2 aromatic carbocycles. The van der Waals surface area contributed by atoms with Crippen LogP contribution in [0, 0.1) is 18.6 Å². The van der Waals surface area contributed by atoms with Gasteiger partial charge in [0, 0.05) is 12.1 Å². The van der Waals surface area contributed by atoms with Crippen molar-refractivity contribution in [3.63, 3.8) is 0 Å². The molecule has 0 bridgehead atoms. The Balaban J connectivity index is 1.60. The lowest BCUT2D eigenvalue weighted by Crippen LogP contribution is -2.36. The molecule has 29 heavy (non-hydrogen) atoms. The van der Waals surface area contributed by atoms with Crippen molar-refractivity contribution in [3.8, 4) is 0 Å². The van der Waals surface area contributed by atoms with Gasteiger partial charge in [0.2, 0.25) is 5.95 Å². The molecule has 0 saturated heterocycles. The van der Waals surface area contributed by atoms with Crippen LogP contribution in [0.15, 0.2) is 24.3 Å². The lowest BCUT2D eigenvalue weighted by atomic mass is 9.95. The highest BCUT2D eigenvalue weighted by Gasteiger charge is 2.20. The number of aromatic nitrogens is 2. The maximum atomic E-state index is 14.5. The molecule has 152 valence electrons. The predicted molar refractivity (Wildman–Crippen MR) is 110 cm³/mol. The van der Waals surface area contributed by atoms with Gasteiger partial charge in [-0.05, 0) is 37.5 Å². The molecule has 1 saturated carbocycles. The summed E-state index contributed by atoms with van der Waals surface area (Å²) in [4.78, 5) is 19.7. The van der Waals surface area contributed by atoms with E-state index in [4.69, 9.17) is 11.6 Å². The molecule has 5 nitrogen and oxygen atoms in total. The van der Waals surface area contributed by atoms with Crippen molar-refractivity contribution in [2.75, 3.05) is 5.32 Å². The zero-order chi connectivity index (χ0) is 20.5. The monoisotopic (exact) mass is 418 g/mol. The van der Waals surface area contributed by atoms with E-state index in [2.05, 4.69) is 20.6 Å². The van der Waals surface area contributed by atoms with Gasteiger partial charge in [-0.1, -0.05) is 36.9 Å². The minimum atomic E-state index is -0.638. The molecule has 0 unspecified atom stereocenters. The van der Waals surface area contributed by atoms with E-state index < -0.39 is 17.5 Å². The first-order chi connectivity index (χ1) is 13.9. The first kappa shape index (κ1) is 19.6. The Morgan fingerprint density at radius 2 is 1.97 bits per heavy atom. The summed E-state index contributed by atoms with van der Waals surface area (Å²) in [7, 11) is 0. The number of carbonyl (C=O) groups excluding carboxylic acids is 1. The number of fused-ring (bicyclic) bond motifs is 1. The van der Waals surface area contributed by atoms with Crippen molar-refractivity contribution >= 4 is 40.2 Å². The van der Waals surface area contributed by atoms with Gasteiger partial charge >= 0.3 is 0 Å². The van der Waals surface area contributed by atoms with E-state index >= 15 is 0 Å². The van der Waals surface area contributed by atoms with Crippen LogP contribution in [0.5, 0.6) is 0 Å². The number of imidazole rings is 1. The Kier molecular flexibility index (Phi) is 5.41. The molecule has 8 heteroatoms. The quantitative estimate of drug-likeness (QED) is 0.515. The largest absolute Gasteiger partial charge is 0.349 e. The van der Waals surface area contributed by atoms with Crippen LogP contribution in [0.1, 0.15) is 48.0 Å². The van der Waals surface area contributed by atoms with Gasteiger partial charge in [0.1, 0.15) is 5.82 Å². The summed E-state index contributed by atoms with van der Waals surface area (Å²) in [5.74, 6) is -1.37. The molecule has 0 spiro atoms. The highest BCUT2D eigenvalue weighted by Crippen LogP contribution is 2.30. The first-order valence-electron chi connectivity index (χ1n) is 9.64. The minimum Gasteiger partial charge on any atom is -0.349 e. The Hall–Kier alpha value is -2.67. The SMILES string of the molecule is Cc1ccc(Cl)c(Nc2nc3cc(C(=O)NC4CCCCC4)c(F)cc3[nH]2)c1F. The van der Waals surface area contributed by atoms with Crippen molar-refractivity contribution in [2.24, 2.45) is 0 Å². The molecule has 4 rings (SSSR count). The normalized spacial score (nSPS) is 14.9. The topological polar surface area (TPSA) is 69.8 Å². The van der Waals surface area contributed by atoms with Crippen molar-refractivity contribution in [3.05, 3.63) is 52.0 Å². The van der Waals surface area contributed by atoms with E-state index in [9.17, 15) is 13.6 Å². The van der Waals surface area contributed by atoms with Crippen LogP contribution in [0.25, 0.3) is 11.0 Å². The fraction of sp³-hybridized carbons (Fsp3) is 0.333. The van der Waals surface area contributed by atoms with Crippen molar-refractivity contribution in [2.45, 2.75) is 45.1 Å². The second-order valence-electron chi connectivity index (χ2n) is 7.42. The smallest absolute Gasteiger partial charge is 0.254 e. The standard InChI is InChI=1S/C21H21ClF2N4O/c1-11-7-8-14(22)19(18(11)24)28-21-26-16-9-13(15(23)10-17(16)27-21)20(29)25-12-5-3-2-4-6-12/h7-10,12H,2-6H2,1H3,(H,25,29)(H2,26,27,28). The van der Waals surface area contributed by atoms with Gasteiger partial charge in [-0.2, -0.15) is 0 Å². The number of nitrogens with one attached hydrogen (secondary N) is 3. The fourth-order valence-electron chi connectivity index (χ4n) is 3.66. The molecular weight excluding hydrogens is 398 g/mol. The second-order valence-corrected chi connectivity index (χ2v) is 7.83. The summed E-state index contributed by atoms with van der Waals surface area (Å²) in [6.07, 6.45) is 5.13. The summed E-state index contributed by atoms with van der Waals surface area (Å²) in [6, 6.07) is 5.86. The number of rotatable bonds is 4. The molecule has 1 heterocycles. The Bertz CT molecular complexity index is 1080. The summed E-state index contributed by atoms with van der Waals surface area (Å²) < 4.78 is 28.9. The molecular formula is C21H21ClF2N4O. The van der Waals surface area contributed by atoms with Crippen molar-refractivity contribution in [1.82, 2.24) is 15.3 Å². The molecule has 0 aliphatic heterocycles. The second kappa shape index (κ2) is 7.99. The van der Waals surface area contributed by atoms with Crippen LogP contribution in [0.3, 0.4) is 0 Å². The number of anilines is 2. The number of H-pyrrole nitrogens is 1. The molecule has 1 amide bonds. The van der Waals surface area contributed by atoms with Gasteiger partial charge in [-0.15, -0.1) is 0 Å². The molecule has 1 fully saturated rings. The molecule has 3 aromatic rings. The number of nitrogens with zero attached hydrogens (tertiary/aromatic N) is 1. The van der Waals surface area contributed by atoms with Gasteiger partial charge in [0.15, 0.2) is 5.82 Å². The maximum Gasteiger partial charge on any atom is 0.254 e. The van der Waals surface area contributed by atoms with E-state index in [0.29, 0.717) is 16.6 Å². The van der Waals surface area contributed by atoms with Crippen LogP contribution in [-0.2, 0) is 0 Å². The first-order valence-corrected chi connectivity index (χ1v) is 10.0. The Labute approximate surface area is 171 Å². The minimum absolute atomic E-state index is 0.0547. The van der Waals surface area contributed by atoms with Crippen LogP contribution >= 0.6 is 11.6 Å². The van der Waals surface area contributed by atoms with E-state index in [1.54, 1.807) is 19.1 Å². The van der Waals surface area contributed by atoms with Crippen LogP contribution in [0.2, 0.25) is 5.02 Å². The number of hydrogen-bond acceptors (Lipinski definition) is 3. The molecule has 1 aliphatic rings. The number of halogens is 3.